The Labute approximate surface area is 377 Å². The lowest BCUT2D eigenvalue weighted by atomic mass is 10.2. The quantitative estimate of drug-likeness (QED) is 0.0352. The van der Waals surface area contributed by atoms with Crippen LogP contribution >= 0.6 is 23.5 Å². The van der Waals surface area contributed by atoms with Crippen LogP contribution in [-0.4, -0.2) is 63.5 Å². The number of carbonyl (C=O) groups is 4. The maximum atomic E-state index is 13.4. The highest BCUT2D eigenvalue weighted by atomic mass is 32.2. The average molecular weight is 901 g/mol. The van der Waals surface area contributed by atoms with E-state index in [0.717, 1.165) is 23.5 Å². The van der Waals surface area contributed by atoms with Gasteiger partial charge in [0.25, 0.3) is 5.70 Å². The molecule has 0 aromatic heterocycles. The van der Waals surface area contributed by atoms with E-state index in [9.17, 15) is 24.4 Å². The number of allylic oxidation sites excluding steroid dienone is 1. The molecule has 0 aliphatic carbocycles. The van der Waals surface area contributed by atoms with Crippen molar-refractivity contribution < 1.29 is 57.1 Å². The van der Waals surface area contributed by atoms with Crippen molar-refractivity contribution in [3.05, 3.63) is 153 Å². The molecule has 5 aromatic carbocycles. The second-order valence-electron chi connectivity index (χ2n) is 13.8. The van der Waals surface area contributed by atoms with Gasteiger partial charge in [-0.25, -0.2) is 29.3 Å². The van der Waals surface area contributed by atoms with Crippen LogP contribution in [0.15, 0.2) is 129 Å². The summed E-state index contributed by atoms with van der Waals surface area (Å²) >= 11 is 2.05. The third-order valence-corrected chi connectivity index (χ3v) is 12.0. The summed E-state index contributed by atoms with van der Waals surface area (Å²) < 4.78 is 44.6. The van der Waals surface area contributed by atoms with E-state index in [-0.39, 0.29) is 52.0 Å². The number of nitrogens with zero attached hydrogens (tertiary/aromatic N) is 2. The molecule has 2 unspecified atom stereocenters. The van der Waals surface area contributed by atoms with Gasteiger partial charge in [-0.3, -0.25) is 0 Å². The SMILES string of the molecule is [C-]#[N+]C(C#N)=C1Sc2c(OC(=O)c3ccc(OC(=O)c4ccc(OCCC(C)OC)cc4)cc3)ccc(OC(=O)c3ccc(OC(=O)c4ccc(OCCC(C)OC)cc4)cc3)c2S1. The number of fused-ring (bicyclic) bond motifs is 1. The van der Waals surface area contributed by atoms with Crippen LogP contribution in [0.1, 0.15) is 68.1 Å². The molecule has 0 bridgehead atoms. The molecular formula is C48H40N2O12S2. The molecule has 64 heavy (non-hydrogen) atoms. The number of ether oxygens (including phenoxy) is 8. The van der Waals surface area contributed by atoms with Crippen LogP contribution in [0.25, 0.3) is 4.85 Å². The van der Waals surface area contributed by atoms with Crippen molar-refractivity contribution in [1.82, 2.24) is 0 Å². The van der Waals surface area contributed by atoms with Gasteiger partial charge in [-0.2, -0.15) is 0 Å². The largest absolute Gasteiger partial charge is 0.493 e. The molecule has 6 rings (SSSR count). The summed E-state index contributed by atoms with van der Waals surface area (Å²) in [6.45, 7) is 12.3. The summed E-state index contributed by atoms with van der Waals surface area (Å²) in [6.07, 6.45) is 1.55. The van der Waals surface area contributed by atoms with Gasteiger partial charge in [0.1, 0.15) is 34.5 Å². The molecular weight excluding hydrogens is 861 g/mol. The van der Waals surface area contributed by atoms with E-state index in [1.54, 1.807) is 62.8 Å². The predicted octanol–water partition coefficient (Wildman–Crippen LogP) is 9.98. The number of hydrogen-bond donors (Lipinski definition) is 0. The molecule has 0 radical (unpaired) electrons. The summed E-state index contributed by atoms with van der Waals surface area (Å²) in [6, 6.07) is 29.3. The van der Waals surface area contributed by atoms with E-state index >= 15 is 0 Å². The second kappa shape index (κ2) is 22.3. The zero-order valence-corrected chi connectivity index (χ0v) is 36.6. The Morgan fingerprint density at radius 1 is 0.547 bits per heavy atom. The molecule has 14 nitrogen and oxygen atoms in total. The minimum Gasteiger partial charge on any atom is -0.493 e. The minimum atomic E-state index is -0.746. The fourth-order valence-electron chi connectivity index (χ4n) is 5.56. The first-order valence-electron chi connectivity index (χ1n) is 19.6. The molecule has 0 amide bonds. The van der Waals surface area contributed by atoms with Gasteiger partial charge in [0.2, 0.25) is 0 Å². The van der Waals surface area contributed by atoms with Crippen molar-refractivity contribution in [2.75, 3.05) is 27.4 Å². The van der Waals surface area contributed by atoms with Crippen LogP contribution in [0, 0.1) is 17.9 Å². The van der Waals surface area contributed by atoms with Gasteiger partial charge in [0, 0.05) is 27.1 Å². The van der Waals surface area contributed by atoms with E-state index in [0.29, 0.717) is 62.7 Å². The first kappa shape index (κ1) is 46.4. The smallest absolute Gasteiger partial charge is 0.343 e. The Balaban J connectivity index is 1.07. The Kier molecular flexibility index (Phi) is 16.2. The number of rotatable bonds is 18. The Morgan fingerprint density at radius 2 is 0.875 bits per heavy atom. The lowest BCUT2D eigenvalue weighted by Gasteiger charge is -2.12. The van der Waals surface area contributed by atoms with Crippen LogP contribution < -0.4 is 28.4 Å². The summed E-state index contributed by atoms with van der Waals surface area (Å²) in [4.78, 5) is 56.3. The summed E-state index contributed by atoms with van der Waals surface area (Å²) in [5.41, 5.74) is 0.690. The van der Waals surface area contributed by atoms with Crippen LogP contribution in [-0.2, 0) is 9.47 Å². The summed E-state index contributed by atoms with van der Waals surface area (Å²) in [7, 11) is 3.27. The molecule has 1 aliphatic heterocycles. The number of esters is 4. The lowest BCUT2D eigenvalue weighted by Crippen LogP contribution is -2.12. The first-order valence-corrected chi connectivity index (χ1v) is 21.3. The zero-order chi connectivity index (χ0) is 45.6. The molecule has 2 atom stereocenters. The molecule has 0 spiro atoms. The standard InChI is InChI=1S/C48H40N2O12S2/c1-29(55-4)24-26-57-35-14-6-31(7-15-35)44(51)59-37-18-10-33(11-19-37)46(53)61-40-22-23-41(43-42(40)63-48(64-43)39(28-49)50-3)62-47(54)34-12-20-38(21-13-34)60-45(52)32-8-16-36(17-9-32)58-27-25-30(2)56-5/h6-23,29-30H,24-27H2,1-2,4-5H3. The Morgan fingerprint density at radius 3 is 1.19 bits per heavy atom. The van der Waals surface area contributed by atoms with Gasteiger partial charge < -0.3 is 37.9 Å². The fourth-order valence-corrected chi connectivity index (χ4v) is 8.03. The van der Waals surface area contributed by atoms with Crippen LogP contribution in [0.2, 0.25) is 0 Å². The number of methoxy groups -OCH3 is 2. The monoisotopic (exact) mass is 900 g/mol. The van der Waals surface area contributed by atoms with Gasteiger partial charge in [-0.1, -0.05) is 23.5 Å². The molecule has 1 heterocycles. The first-order chi connectivity index (χ1) is 31.0. The van der Waals surface area contributed by atoms with Crippen molar-refractivity contribution in [2.45, 2.75) is 48.7 Å². The molecule has 16 heteroatoms. The van der Waals surface area contributed by atoms with Gasteiger partial charge in [0.15, 0.2) is 0 Å². The number of nitriles is 1. The highest BCUT2D eigenvalue weighted by Crippen LogP contribution is 2.59. The molecule has 0 N–H and O–H groups in total. The maximum absolute atomic E-state index is 13.4. The van der Waals surface area contributed by atoms with Gasteiger partial charge in [-0.15, -0.1) is 0 Å². The zero-order valence-electron chi connectivity index (χ0n) is 35.0. The minimum absolute atomic E-state index is 0.0623. The number of thioether (sulfide) groups is 2. The fraction of sp³-hybridized carbons (Fsp3) is 0.208. The van der Waals surface area contributed by atoms with Crippen LogP contribution in [0.5, 0.6) is 34.5 Å². The van der Waals surface area contributed by atoms with Crippen LogP contribution in [0.4, 0.5) is 0 Å². The normalized spacial score (nSPS) is 12.4. The van der Waals surface area contributed by atoms with Gasteiger partial charge in [0.05, 0.1) is 74.3 Å². The number of hydrogen-bond acceptors (Lipinski definition) is 15. The van der Waals surface area contributed by atoms with Crippen molar-refractivity contribution in [2.24, 2.45) is 0 Å². The van der Waals surface area contributed by atoms with Crippen molar-refractivity contribution in [3.8, 4) is 40.6 Å². The van der Waals surface area contributed by atoms with E-state index in [1.807, 2.05) is 19.9 Å². The molecule has 1 aliphatic rings. The summed E-state index contributed by atoms with van der Waals surface area (Å²) in [5.74, 6) is -0.924. The number of benzene rings is 5. The molecule has 0 saturated carbocycles. The van der Waals surface area contributed by atoms with Crippen molar-refractivity contribution in [3.63, 3.8) is 0 Å². The topological polar surface area (TPSA) is 170 Å². The third-order valence-electron chi connectivity index (χ3n) is 9.42. The van der Waals surface area contributed by atoms with E-state index in [4.69, 9.17) is 44.5 Å². The van der Waals surface area contributed by atoms with E-state index < -0.39 is 23.9 Å². The lowest BCUT2D eigenvalue weighted by molar-refractivity contribution is 0.0709. The summed E-state index contributed by atoms with van der Waals surface area (Å²) in [5, 5.41) is 9.60. The predicted molar refractivity (Wildman–Crippen MR) is 236 cm³/mol. The maximum Gasteiger partial charge on any atom is 0.343 e. The Bertz CT molecular complexity index is 2420. The van der Waals surface area contributed by atoms with Crippen molar-refractivity contribution in [1.29, 1.82) is 5.26 Å². The molecule has 5 aromatic rings. The molecule has 0 saturated heterocycles. The van der Waals surface area contributed by atoms with Gasteiger partial charge in [-0.05, 0) is 123 Å². The average Bonchev–Trinajstić information content (AvgIpc) is 3.77. The van der Waals surface area contributed by atoms with Crippen molar-refractivity contribution >= 4 is 47.4 Å². The number of carbonyl (C=O) groups excluding carboxylic acids is 4. The molecule has 0 fully saturated rings. The van der Waals surface area contributed by atoms with E-state index in [2.05, 4.69) is 4.85 Å². The Hall–Kier alpha value is -7.08. The molecule has 326 valence electrons. The third kappa shape index (κ3) is 12.3. The van der Waals surface area contributed by atoms with E-state index in [1.165, 1.54) is 60.7 Å². The highest BCUT2D eigenvalue weighted by molar-refractivity contribution is 8.24. The van der Waals surface area contributed by atoms with Gasteiger partial charge >= 0.3 is 23.9 Å². The van der Waals surface area contributed by atoms with Crippen LogP contribution in [0.3, 0.4) is 0 Å². The highest BCUT2D eigenvalue weighted by Gasteiger charge is 2.30. The second-order valence-corrected chi connectivity index (χ2v) is 16.1.